The maximum absolute atomic E-state index is 5.47. The predicted octanol–water partition coefficient (Wildman–Crippen LogP) is 1.61. The molecule has 2 aromatic rings. The number of rotatable bonds is 4. The van der Waals surface area contributed by atoms with Gasteiger partial charge in [-0.2, -0.15) is 0 Å². The van der Waals surface area contributed by atoms with Crippen LogP contribution in [-0.2, 0) is 6.54 Å². The zero-order chi connectivity index (χ0) is 10.7. The first-order valence-corrected chi connectivity index (χ1v) is 5.57. The fourth-order valence-corrected chi connectivity index (χ4v) is 1.82. The third-order valence-corrected chi connectivity index (χ3v) is 2.73. The van der Waals surface area contributed by atoms with Crippen molar-refractivity contribution < 1.29 is 4.42 Å². The van der Waals surface area contributed by atoms with E-state index in [2.05, 4.69) is 20.5 Å². The standard InChI is InChI=1S/C9H12N4OS/c1-3-10-5-8-12-13-9(14-8)7-4-11-6(2)15-7/h4,10H,3,5H2,1-2H3. The Morgan fingerprint density at radius 2 is 2.33 bits per heavy atom. The Kier molecular flexibility index (Phi) is 3.08. The van der Waals surface area contributed by atoms with Crippen molar-refractivity contribution >= 4 is 11.3 Å². The minimum absolute atomic E-state index is 0.550. The smallest absolute Gasteiger partial charge is 0.259 e. The van der Waals surface area contributed by atoms with Gasteiger partial charge in [0.05, 0.1) is 17.7 Å². The lowest BCUT2D eigenvalue weighted by molar-refractivity contribution is 0.483. The van der Waals surface area contributed by atoms with Crippen LogP contribution in [0.25, 0.3) is 10.8 Å². The molecule has 0 unspecified atom stereocenters. The number of aromatic nitrogens is 3. The lowest BCUT2D eigenvalue weighted by atomic mass is 10.5. The minimum Gasteiger partial charge on any atom is -0.418 e. The molecule has 6 heteroatoms. The number of aryl methyl sites for hydroxylation is 1. The fraction of sp³-hybridized carbons (Fsp3) is 0.444. The normalized spacial score (nSPS) is 10.8. The summed E-state index contributed by atoms with van der Waals surface area (Å²) in [4.78, 5) is 5.06. The van der Waals surface area contributed by atoms with Gasteiger partial charge < -0.3 is 9.73 Å². The van der Waals surface area contributed by atoms with Crippen molar-refractivity contribution in [3.8, 4) is 10.8 Å². The average molecular weight is 224 g/mol. The van der Waals surface area contributed by atoms with Gasteiger partial charge in [0, 0.05) is 0 Å². The molecular formula is C9H12N4OS. The molecule has 0 amide bonds. The van der Waals surface area contributed by atoms with E-state index in [1.807, 2.05) is 13.8 Å². The number of nitrogens with zero attached hydrogens (tertiary/aromatic N) is 3. The molecule has 0 spiro atoms. The van der Waals surface area contributed by atoms with Gasteiger partial charge in [0.15, 0.2) is 0 Å². The molecule has 0 saturated carbocycles. The molecule has 0 atom stereocenters. The van der Waals surface area contributed by atoms with E-state index in [1.165, 1.54) is 0 Å². The van der Waals surface area contributed by atoms with Crippen LogP contribution < -0.4 is 5.32 Å². The van der Waals surface area contributed by atoms with Crippen LogP contribution in [0, 0.1) is 6.92 Å². The summed E-state index contributed by atoms with van der Waals surface area (Å²) in [7, 11) is 0. The molecular weight excluding hydrogens is 212 g/mol. The summed E-state index contributed by atoms with van der Waals surface area (Å²) in [6, 6.07) is 0. The lowest BCUT2D eigenvalue weighted by Crippen LogP contribution is -2.11. The molecule has 15 heavy (non-hydrogen) atoms. The highest BCUT2D eigenvalue weighted by atomic mass is 32.1. The predicted molar refractivity (Wildman–Crippen MR) is 57.5 cm³/mol. The molecule has 0 aliphatic rings. The minimum atomic E-state index is 0.550. The second-order valence-corrected chi connectivity index (χ2v) is 4.26. The van der Waals surface area contributed by atoms with Gasteiger partial charge in [-0.05, 0) is 13.5 Å². The summed E-state index contributed by atoms with van der Waals surface area (Å²) in [6.07, 6.45) is 1.75. The highest BCUT2D eigenvalue weighted by Crippen LogP contribution is 2.24. The SMILES string of the molecule is CCNCc1nnc(-c2cnc(C)s2)o1. The van der Waals surface area contributed by atoms with Crippen LogP contribution in [-0.4, -0.2) is 21.7 Å². The van der Waals surface area contributed by atoms with E-state index in [9.17, 15) is 0 Å². The van der Waals surface area contributed by atoms with Crippen LogP contribution in [0.3, 0.4) is 0 Å². The van der Waals surface area contributed by atoms with Gasteiger partial charge >= 0.3 is 0 Å². The van der Waals surface area contributed by atoms with E-state index in [1.54, 1.807) is 17.5 Å². The molecule has 1 N–H and O–H groups in total. The first-order valence-electron chi connectivity index (χ1n) is 4.75. The van der Waals surface area contributed by atoms with Crippen molar-refractivity contribution in [3.63, 3.8) is 0 Å². The van der Waals surface area contributed by atoms with Gasteiger partial charge in [0.2, 0.25) is 5.89 Å². The quantitative estimate of drug-likeness (QED) is 0.854. The maximum Gasteiger partial charge on any atom is 0.259 e. The van der Waals surface area contributed by atoms with E-state index < -0.39 is 0 Å². The zero-order valence-electron chi connectivity index (χ0n) is 8.65. The highest BCUT2D eigenvalue weighted by molar-refractivity contribution is 7.14. The highest BCUT2D eigenvalue weighted by Gasteiger charge is 2.10. The van der Waals surface area contributed by atoms with Crippen molar-refractivity contribution in [1.82, 2.24) is 20.5 Å². The van der Waals surface area contributed by atoms with E-state index in [-0.39, 0.29) is 0 Å². The van der Waals surface area contributed by atoms with Crippen molar-refractivity contribution in [3.05, 3.63) is 17.1 Å². The van der Waals surface area contributed by atoms with Crippen molar-refractivity contribution in [1.29, 1.82) is 0 Å². The monoisotopic (exact) mass is 224 g/mol. The molecule has 5 nitrogen and oxygen atoms in total. The Morgan fingerprint density at radius 1 is 1.47 bits per heavy atom. The van der Waals surface area contributed by atoms with Crippen LogP contribution in [0.4, 0.5) is 0 Å². The summed E-state index contributed by atoms with van der Waals surface area (Å²) in [6.45, 7) is 5.48. The second-order valence-electron chi connectivity index (χ2n) is 3.02. The summed E-state index contributed by atoms with van der Waals surface area (Å²) in [5.74, 6) is 1.16. The molecule has 80 valence electrons. The third kappa shape index (κ3) is 2.40. The summed E-state index contributed by atoms with van der Waals surface area (Å²) >= 11 is 1.55. The Hall–Kier alpha value is -1.27. The molecule has 0 aromatic carbocycles. The van der Waals surface area contributed by atoms with Crippen molar-refractivity contribution in [2.45, 2.75) is 20.4 Å². The van der Waals surface area contributed by atoms with E-state index in [0.29, 0.717) is 18.3 Å². The zero-order valence-corrected chi connectivity index (χ0v) is 9.47. The number of thiazole rings is 1. The summed E-state index contributed by atoms with van der Waals surface area (Å²) in [5, 5.41) is 12.0. The average Bonchev–Trinajstić information content (AvgIpc) is 2.83. The van der Waals surface area contributed by atoms with Crippen molar-refractivity contribution in [2.24, 2.45) is 0 Å². The fourth-order valence-electron chi connectivity index (χ4n) is 1.12. The molecule has 0 fully saturated rings. The van der Waals surface area contributed by atoms with Gasteiger partial charge in [0.25, 0.3) is 5.89 Å². The Bertz CT molecular complexity index is 437. The Morgan fingerprint density at radius 3 is 3.00 bits per heavy atom. The van der Waals surface area contributed by atoms with Gasteiger partial charge in [-0.25, -0.2) is 4.98 Å². The molecule has 0 radical (unpaired) electrons. The lowest BCUT2D eigenvalue weighted by Gasteiger charge is -1.93. The number of nitrogens with one attached hydrogen (secondary N) is 1. The van der Waals surface area contributed by atoms with Crippen LogP contribution >= 0.6 is 11.3 Å². The van der Waals surface area contributed by atoms with E-state index >= 15 is 0 Å². The second kappa shape index (κ2) is 4.50. The van der Waals surface area contributed by atoms with E-state index in [0.717, 1.165) is 16.4 Å². The van der Waals surface area contributed by atoms with Crippen LogP contribution in [0.1, 0.15) is 17.8 Å². The van der Waals surface area contributed by atoms with E-state index in [4.69, 9.17) is 4.42 Å². The maximum atomic E-state index is 5.47. The number of hydrogen-bond acceptors (Lipinski definition) is 6. The van der Waals surface area contributed by atoms with Gasteiger partial charge in [-0.15, -0.1) is 21.5 Å². The molecule has 0 aliphatic carbocycles. The first kappa shape index (κ1) is 10.3. The third-order valence-electron chi connectivity index (χ3n) is 1.83. The molecule has 0 aliphatic heterocycles. The molecule has 2 aromatic heterocycles. The van der Waals surface area contributed by atoms with Gasteiger partial charge in [-0.1, -0.05) is 6.92 Å². The van der Waals surface area contributed by atoms with Crippen LogP contribution in [0.5, 0.6) is 0 Å². The molecule has 2 rings (SSSR count). The van der Waals surface area contributed by atoms with Crippen LogP contribution in [0.2, 0.25) is 0 Å². The summed E-state index contributed by atoms with van der Waals surface area (Å²) < 4.78 is 5.47. The van der Waals surface area contributed by atoms with Crippen LogP contribution in [0.15, 0.2) is 10.6 Å². The molecule has 0 bridgehead atoms. The first-order chi connectivity index (χ1) is 7.29. The largest absolute Gasteiger partial charge is 0.418 e. The molecule has 2 heterocycles. The number of hydrogen-bond donors (Lipinski definition) is 1. The Labute approximate surface area is 91.6 Å². The molecule has 0 saturated heterocycles. The van der Waals surface area contributed by atoms with Gasteiger partial charge in [-0.3, -0.25) is 0 Å². The topological polar surface area (TPSA) is 63.8 Å². The Balaban J connectivity index is 2.13. The summed E-state index contributed by atoms with van der Waals surface area (Å²) in [5.41, 5.74) is 0. The van der Waals surface area contributed by atoms with Crippen molar-refractivity contribution in [2.75, 3.05) is 6.54 Å². The van der Waals surface area contributed by atoms with Gasteiger partial charge in [0.1, 0.15) is 4.88 Å².